The van der Waals surface area contributed by atoms with Crippen LogP contribution in [0.1, 0.15) is 40.0 Å². The fraction of sp³-hybridized carbons (Fsp3) is 0.850. The van der Waals surface area contributed by atoms with Gasteiger partial charge in [-0.3, -0.25) is 9.59 Å². The zero-order valence-corrected chi connectivity index (χ0v) is 18.6. The number of carbonyl (C=O) groups is 2. The quantitative estimate of drug-likeness (QED) is 0.232. The van der Waals surface area contributed by atoms with Gasteiger partial charge in [-0.15, -0.1) is 0 Å². The highest BCUT2D eigenvalue weighted by Crippen LogP contribution is 2.10. The third kappa shape index (κ3) is 12.1. The molecule has 0 radical (unpaired) electrons. The summed E-state index contributed by atoms with van der Waals surface area (Å²) in [6, 6.07) is 0. The number of oxime groups is 1. The molecule has 2 amide bonds. The predicted molar refractivity (Wildman–Crippen MR) is 113 cm³/mol. The normalized spacial score (nSPS) is 15.0. The van der Waals surface area contributed by atoms with Gasteiger partial charge in [-0.2, -0.15) is 0 Å². The van der Waals surface area contributed by atoms with Gasteiger partial charge in [0.05, 0.1) is 38.7 Å². The third-order valence-electron chi connectivity index (χ3n) is 4.53. The van der Waals surface area contributed by atoms with Crippen molar-refractivity contribution < 1.29 is 28.7 Å². The highest BCUT2D eigenvalue weighted by molar-refractivity contribution is 5.86. The molecule has 0 bridgehead atoms. The van der Waals surface area contributed by atoms with Gasteiger partial charge in [0.15, 0.2) is 0 Å². The molecular weight excluding hydrogens is 392 g/mol. The van der Waals surface area contributed by atoms with Crippen molar-refractivity contribution in [1.29, 1.82) is 0 Å². The Bertz CT molecular complexity index is 521. The van der Waals surface area contributed by atoms with Crippen LogP contribution in [0.15, 0.2) is 5.16 Å². The number of nitrogens with zero attached hydrogens (tertiary/aromatic N) is 3. The number of amides is 2. The molecule has 0 saturated carbocycles. The monoisotopic (exact) mass is 430 g/mol. The smallest absolute Gasteiger partial charge is 0.223 e. The molecule has 1 aliphatic heterocycles. The number of ether oxygens (including phenoxy) is 2. The third-order valence-corrected chi connectivity index (χ3v) is 4.53. The van der Waals surface area contributed by atoms with E-state index in [1.807, 2.05) is 30.6 Å². The van der Waals surface area contributed by atoms with E-state index in [9.17, 15) is 9.59 Å². The van der Waals surface area contributed by atoms with E-state index in [4.69, 9.17) is 20.2 Å². The first-order chi connectivity index (χ1) is 14.4. The minimum absolute atomic E-state index is 0.0869. The van der Waals surface area contributed by atoms with Gasteiger partial charge in [0.1, 0.15) is 6.61 Å². The van der Waals surface area contributed by atoms with E-state index in [-0.39, 0.29) is 11.8 Å². The number of piperazine rings is 1. The standard InChI is InChI=1S/C20H38N4O6/c1-17(2)16-20(26)24-8-6-23(7-9-24)19(25)5-4-18(3)22-30-15-13-28-11-10-27-12-14-29-21/h17H,4-16,21H2,1-3H3. The Labute approximate surface area is 179 Å². The van der Waals surface area contributed by atoms with Gasteiger partial charge >= 0.3 is 0 Å². The van der Waals surface area contributed by atoms with Crippen molar-refractivity contribution in [3.05, 3.63) is 0 Å². The maximum absolute atomic E-state index is 12.4. The molecule has 10 nitrogen and oxygen atoms in total. The van der Waals surface area contributed by atoms with Gasteiger partial charge < -0.3 is 28.9 Å². The molecule has 0 unspecified atom stereocenters. The Morgan fingerprint density at radius 3 is 1.97 bits per heavy atom. The van der Waals surface area contributed by atoms with Crippen LogP contribution in [-0.2, 0) is 28.7 Å². The minimum atomic E-state index is 0.0869. The Balaban J connectivity index is 2.09. The van der Waals surface area contributed by atoms with Gasteiger partial charge in [0.25, 0.3) is 0 Å². The molecule has 0 aromatic carbocycles. The second-order valence-electron chi connectivity index (χ2n) is 7.61. The van der Waals surface area contributed by atoms with E-state index < -0.39 is 0 Å². The lowest BCUT2D eigenvalue weighted by molar-refractivity contribution is -0.139. The average molecular weight is 431 g/mol. The number of hydrogen-bond donors (Lipinski definition) is 1. The number of rotatable bonds is 15. The van der Waals surface area contributed by atoms with Crippen LogP contribution in [0.5, 0.6) is 0 Å². The molecule has 0 aromatic heterocycles. The van der Waals surface area contributed by atoms with Crippen LogP contribution in [-0.4, -0.2) is 93.1 Å². The Morgan fingerprint density at radius 1 is 0.867 bits per heavy atom. The van der Waals surface area contributed by atoms with Crippen LogP contribution < -0.4 is 5.90 Å². The van der Waals surface area contributed by atoms with Crippen LogP contribution in [0.25, 0.3) is 0 Å². The van der Waals surface area contributed by atoms with Crippen LogP contribution >= 0.6 is 0 Å². The molecule has 1 rings (SSSR count). The topological polar surface area (TPSA) is 116 Å². The molecule has 0 spiro atoms. The first-order valence-corrected chi connectivity index (χ1v) is 10.6. The second kappa shape index (κ2) is 16.0. The summed E-state index contributed by atoms with van der Waals surface area (Å²) in [5.74, 6) is 5.49. The van der Waals surface area contributed by atoms with Gasteiger partial charge in [0, 0.05) is 39.0 Å². The SMILES string of the molecule is CC(CCC(=O)N1CCN(C(=O)CC(C)C)CC1)=NOCCOCCOCCON. The van der Waals surface area contributed by atoms with E-state index >= 15 is 0 Å². The second-order valence-corrected chi connectivity index (χ2v) is 7.61. The maximum atomic E-state index is 12.4. The van der Waals surface area contributed by atoms with Crippen molar-refractivity contribution >= 4 is 17.5 Å². The Kier molecular flexibility index (Phi) is 14.0. The highest BCUT2D eigenvalue weighted by atomic mass is 16.6. The minimum Gasteiger partial charge on any atom is -0.393 e. The lowest BCUT2D eigenvalue weighted by Gasteiger charge is -2.35. The zero-order valence-electron chi connectivity index (χ0n) is 18.6. The summed E-state index contributed by atoms with van der Waals surface area (Å²) in [5, 5.41) is 4.01. The molecule has 0 atom stereocenters. The lowest BCUT2D eigenvalue weighted by Crippen LogP contribution is -2.50. The summed E-state index contributed by atoms with van der Waals surface area (Å²) >= 11 is 0. The molecule has 0 aliphatic carbocycles. The van der Waals surface area contributed by atoms with E-state index in [2.05, 4.69) is 9.99 Å². The van der Waals surface area contributed by atoms with Gasteiger partial charge in [-0.25, -0.2) is 5.90 Å². The van der Waals surface area contributed by atoms with Crippen molar-refractivity contribution in [1.82, 2.24) is 9.80 Å². The Hall–Kier alpha value is -1.75. The molecule has 1 saturated heterocycles. The van der Waals surface area contributed by atoms with Crippen molar-refractivity contribution in [2.45, 2.75) is 40.0 Å². The fourth-order valence-corrected chi connectivity index (χ4v) is 2.86. The molecule has 1 heterocycles. The number of hydrogen-bond acceptors (Lipinski definition) is 8. The molecule has 10 heteroatoms. The summed E-state index contributed by atoms with van der Waals surface area (Å²) in [7, 11) is 0. The van der Waals surface area contributed by atoms with Crippen molar-refractivity contribution in [2.24, 2.45) is 17.0 Å². The van der Waals surface area contributed by atoms with Crippen LogP contribution in [0.2, 0.25) is 0 Å². The Morgan fingerprint density at radius 2 is 1.40 bits per heavy atom. The molecule has 0 aromatic rings. The molecule has 1 aliphatic rings. The highest BCUT2D eigenvalue weighted by Gasteiger charge is 2.24. The van der Waals surface area contributed by atoms with Crippen LogP contribution in [0.4, 0.5) is 0 Å². The van der Waals surface area contributed by atoms with Gasteiger partial charge in [-0.05, 0) is 19.3 Å². The van der Waals surface area contributed by atoms with Crippen molar-refractivity contribution in [3.63, 3.8) is 0 Å². The summed E-state index contributed by atoms with van der Waals surface area (Å²) < 4.78 is 10.5. The summed E-state index contributed by atoms with van der Waals surface area (Å²) in [6.45, 7) is 10.8. The number of carbonyl (C=O) groups excluding carboxylic acids is 2. The van der Waals surface area contributed by atoms with Gasteiger partial charge in [-0.1, -0.05) is 19.0 Å². The van der Waals surface area contributed by atoms with Crippen molar-refractivity contribution in [2.75, 3.05) is 65.8 Å². The number of nitrogens with two attached hydrogens (primary N) is 1. The zero-order chi connectivity index (χ0) is 22.2. The largest absolute Gasteiger partial charge is 0.393 e. The van der Waals surface area contributed by atoms with Crippen molar-refractivity contribution in [3.8, 4) is 0 Å². The molecule has 174 valence electrons. The summed E-state index contributed by atoms with van der Waals surface area (Å²) in [6.07, 6.45) is 1.49. The summed E-state index contributed by atoms with van der Waals surface area (Å²) in [4.78, 5) is 37.7. The molecule has 1 fully saturated rings. The fourth-order valence-electron chi connectivity index (χ4n) is 2.86. The van der Waals surface area contributed by atoms with E-state index in [1.54, 1.807) is 0 Å². The van der Waals surface area contributed by atoms with Gasteiger partial charge in [0.2, 0.25) is 11.8 Å². The maximum Gasteiger partial charge on any atom is 0.223 e. The van der Waals surface area contributed by atoms with E-state index in [1.165, 1.54) is 0 Å². The summed E-state index contributed by atoms with van der Waals surface area (Å²) in [5.41, 5.74) is 0.763. The molecule has 2 N–H and O–H groups in total. The van der Waals surface area contributed by atoms with E-state index in [0.717, 1.165) is 5.71 Å². The first-order valence-electron chi connectivity index (χ1n) is 10.6. The average Bonchev–Trinajstić information content (AvgIpc) is 2.73. The first kappa shape index (κ1) is 26.3. The molecule has 30 heavy (non-hydrogen) atoms. The van der Waals surface area contributed by atoms with Crippen LogP contribution in [0, 0.1) is 5.92 Å². The lowest BCUT2D eigenvalue weighted by atomic mass is 10.1. The van der Waals surface area contributed by atoms with Crippen LogP contribution in [0.3, 0.4) is 0 Å². The molecular formula is C20H38N4O6. The predicted octanol–water partition coefficient (Wildman–Crippen LogP) is 0.800. The van der Waals surface area contributed by atoms with E-state index in [0.29, 0.717) is 91.0 Å².